The van der Waals surface area contributed by atoms with Crippen molar-refractivity contribution in [2.45, 2.75) is 26.3 Å². The molecule has 2 heterocycles. The molecule has 0 aliphatic rings. The summed E-state index contributed by atoms with van der Waals surface area (Å²) in [6.07, 6.45) is 0.734. The van der Waals surface area contributed by atoms with E-state index in [1.54, 1.807) is 0 Å². The molecular weight excluding hydrogens is 218 g/mol. The molecule has 0 bridgehead atoms. The van der Waals surface area contributed by atoms with Gasteiger partial charge in [0.15, 0.2) is 0 Å². The molecule has 5 nitrogen and oxygen atoms in total. The highest BCUT2D eigenvalue weighted by Gasteiger charge is 2.22. The lowest BCUT2D eigenvalue weighted by molar-refractivity contribution is -0.138. The van der Waals surface area contributed by atoms with Crippen molar-refractivity contribution in [3.8, 4) is 0 Å². The Kier molecular flexibility index (Phi) is 2.85. The molecule has 0 spiro atoms. The van der Waals surface area contributed by atoms with E-state index in [0.29, 0.717) is 5.69 Å². The Hall–Kier alpha value is -1.88. The largest absolute Gasteiger partial charge is 0.480 e. The van der Waals surface area contributed by atoms with Crippen molar-refractivity contribution in [3.63, 3.8) is 0 Å². The maximum absolute atomic E-state index is 11.0. The van der Waals surface area contributed by atoms with Crippen LogP contribution in [-0.2, 0) is 11.2 Å². The second-order valence-electron chi connectivity index (χ2n) is 3.97. The van der Waals surface area contributed by atoms with E-state index >= 15 is 0 Å². The van der Waals surface area contributed by atoms with E-state index in [1.165, 1.54) is 0 Å². The topological polar surface area (TPSA) is 80.6 Å². The zero-order valence-electron chi connectivity index (χ0n) is 9.84. The van der Waals surface area contributed by atoms with E-state index in [2.05, 4.69) is 4.98 Å². The minimum absolute atomic E-state index is 0.429. The number of aromatic nitrogens is 2. The van der Waals surface area contributed by atoms with E-state index in [4.69, 9.17) is 10.8 Å². The van der Waals surface area contributed by atoms with Gasteiger partial charge in [0.05, 0.1) is 11.2 Å². The van der Waals surface area contributed by atoms with Crippen LogP contribution in [0.2, 0.25) is 0 Å². The van der Waals surface area contributed by atoms with Gasteiger partial charge >= 0.3 is 5.97 Å². The molecule has 0 amide bonds. The molecule has 1 unspecified atom stereocenters. The highest BCUT2D eigenvalue weighted by Crippen LogP contribution is 2.20. The molecule has 5 heteroatoms. The maximum Gasteiger partial charge on any atom is 0.326 e. The minimum atomic E-state index is -1.08. The Labute approximate surface area is 98.9 Å². The first-order chi connectivity index (χ1) is 8.06. The fraction of sp³-hybridized carbons (Fsp3) is 0.333. The van der Waals surface area contributed by atoms with Crippen molar-refractivity contribution in [2.24, 2.45) is 5.73 Å². The Balaban J connectivity index is 2.74. The quantitative estimate of drug-likeness (QED) is 0.837. The highest BCUT2D eigenvalue weighted by atomic mass is 16.4. The normalized spacial score (nSPS) is 12.9. The van der Waals surface area contributed by atoms with Crippen LogP contribution >= 0.6 is 0 Å². The van der Waals surface area contributed by atoms with Crippen LogP contribution in [0.5, 0.6) is 0 Å². The van der Waals surface area contributed by atoms with Crippen molar-refractivity contribution >= 4 is 11.5 Å². The van der Waals surface area contributed by atoms with E-state index in [9.17, 15) is 4.79 Å². The van der Waals surface area contributed by atoms with Gasteiger partial charge in [-0.15, -0.1) is 0 Å². The summed E-state index contributed by atoms with van der Waals surface area (Å²) in [6, 6.07) is 4.61. The molecule has 0 aliphatic carbocycles. The van der Waals surface area contributed by atoms with Crippen LogP contribution in [-0.4, -0.2) is 20.5 Å². The predicted octanol–water partition coefficient (Wildman–Crippen LogP) is 1.29. The summed E-state index contributed by atoms with van der Waals surface area (Å²) in [5.41, 5.74) is 7.87. The Morgan fingerprint density at radius 2 is 2.29 bits per heavy atom. The van der Waals surface area contributed by atoms with Gasteiger partial charge in [-0.3, -0.25) is 4.79 Å². The molecule has 90 valence electrons. The number of carbonyl (C=O) groups is 1. The van der Waals surface area contributed by atoms with Gasteiger partial charge in [0.25, 0.3) is 0 Å². The van der Waals surface area contributed by atoms with Crippen molar-refractivity contribution in [1.82, 2.24) is 9.38 Å². The molecule has 1 atom stereocenters. The van der Waals surface area contributed by atoms with Gasteiger partial charge in [0.1, 0.15) is 11.9 Å². The van der Waals surface area contributed by atoms with Crippen molar-refractivity contribution in [2.75, 3.05) is 0 Å². The van der Waals surface area contributed by atoms with Crippen LogP contribution in [0.3, 0.4) is 0 Å². The fourth-order valence-corrected chi connectivity index (χ4v) is 1.99. The molecule has 0 fully saturated rings. The van der Waals surface area contributed by atoms with Gasteiger partial charge in [-0.2, -0.15) is 0 Å². The maximum atomic E-state index is 11.0. The molecule has 0 radical (unpaired) electrons. The number of imidazole rings is 1. The van der Waals surface area contributed by atoms with Gasteiger partial charge in [0.2, 0.25) is 0 Å². The Morgan fingerprint density at radius 3 is 2.88 bits per heavy atom. The van der Waals surface area contributed by atoms with Gasteiger partial charge < -0.3 is 15.2 Å². The first-order valence-electron chi connectivity index (χ1n) is 5.51. The van der Waals surface area contributed by atoms with Crippen molar-refractivity contribution in [3.05, 3.63) is 35.4 Å². The lowest BCUT2D eigenvalue weighted by Gasteiger charge is -2.04. The second kappa shape index (κ2) is 4.18. The average Bonchev–Trinajstić information content (AvgIpc) is 2.68. The molecule has 2 aromatic heterocycles. The number of fused-ring (bicyclic) bond motifs is 1. The second-order valence-corrected chi connectivity index (χ2v) is 3.97. The SMILES string of the molecule is CCc1nc(C(N)C(=O)O)c2cccc(C)n12. The number of hydrogen-bond acceptors (Lipinski definition) is 3. The van der Waals surface area contributed by atoms with Crippen LogP contribution in [0, 0.1) is 6.92 Å². The molecule has 0 aliphatic heterocycles. The third kappa shape index (κ3) is 1.78. The van der Waals surface area contributed by atoms with Gasteiger partial charge in [-0.05, 0) is 19.1 Å². The number of aliphatic carboxylic acids is 1. The summed E-state index contributed by atoms with van der Waals surface area (Å²) in [4.78, 5) is 15.3. The number of aryl methyl sites for hydroxylation is 2. The molecular formula is C12H15N3O2. The van der Waals surface area contributed by atoms with Crippen LogP contribution in [0.25, 0.3) is 5.52 Å². The van der Waals surface area contributed by atoms with Gasteiger partial charge in [-0.25, -0.2) is 4.98 Å². The lowest BCUT2D eigenvalue weighted by Crippen LogP contribution is -2.21. The lowest BCUT2D eigenvalue weighted by atomic mass is 10.2. The number of hydrogen-bond donors (Lipinski definition) is 2. The number of rotatable bonds is 3. The number of carboxylic acids is 1. The molecule has 0 saturated carbocycles. The standard InChI is InChI=1S/C12H15N3O2/c1-3-9-14-11(10(13)12(16)17)8-6-4-5-7(2)15(8)9/h4-6,10H,3,13H2,1-2H3,(H,16,17). The van der Waals surface area contributed by atoms with E-state index < -0.39 is 12.0 Å². The smallest absolute Gasteiger partial charge is 0.326 e. The molecule has 2 rings (SSSR count). The first-order valence-corrected chi connectivity index (χ1v) is 5.51. The first kappa shape index (κ1) is 11.6. The Bertz CT molecular complexity index is 574. The van der Waals surface area contributed by atoms with Crippen molar-refractivity contribution < 1.29 is 9.90 Å². The summed E-state index contributed by atoms with van der Waals surface area (Å²) in [7, 11) is 0. The summed E-state index contributed by atoms with van der Waals surface area (Å²) >= 11 is 0. The summed E-state index contributed by atoms with van der Waals surface area (Å²) in [5, 5.41) is 8.97. The van der Waals surface area contributed by atoms with Gasteiger partial charge in [0, 0.05) is 12.1 Å². The summed E-state index contributed by atoms with van der Waals surface area (Å²) < 4.78 is 1.96. The molecule has 0 saturated heterocycles. The predicted molar refractivity (Wildman–Crippen MR) is 63.9 cm³/mol. The van der Waals surface area contributed by atoms with E-state index in [0.717, 1.165) is 23.5 Å². The Morgan fingerprint density at radius 1 is 1.59 bits per heavy atom. The van der Waals surface area contributed by atoms with Gasteiger partial charge in [-0.1, -0.05) is 13.0 Å². The van der Waals surface area contributed by atoms with Crippen LogP contribution < -0.4 is 5.73 Å². The number of nitrogens with zero attached hydrogens (tertiary/aromatic N) is 2. The highest BCUT2D eigenvalue weighted by molar-refractivity contribution is 5.78. The monoisotopic (exact) mass is 233 g/mol. The van der Waals surface area contributed by atoms with Crippen molar-refractivity contribution in [1.29, 1.82) is 0 Å². The number of pyridine rings is 1. The summed E-state index contributed by atoms with van der Waals surface area (Å²) in [6.45, 7) is 3.95. The molecule has 2 aromatic rings. The van der Waals surface area contributed by atoms with E-state index in [1.807, 2.05) is 36.4 Å². The number of carboxylic acid groups (broad SMARTS) is 1. The molecule has 17 heavy (non-hydrogen) atoms. The van der Waals surface area contributed by atoms with Crippen LogP contribution in [0.4, 0.5) is 0 Å². The zero-order chi connectivity index (χ0) is 12.6. The minimum Gasteiger partial charge on any atom is -0.480 e. The fourth-order valence-electron chi connectivity index (χ4n) is 1.99. The van der Waals surface area contributed by atoms with E-state index in [-0.39, 0.29) is 0 Å². The number of nitrogens with two attached hydrogens (primary N) is 1. The third-order valence-electron chi connectivity index (χ3n) is 2.83. The summed E-state index contributed by atoms with van der Waals surface area (Å²) in [5.74, 6) is -0.223. The molecule has 0 aromatic carbocycles. The third-order valence-corrected chi connectivity index (χ3v) is 2.83. The molecule has 3 N–H and O–H groups in total. The zero-order valence-corrected chi connectivity index (χ0v) is 9.84. The average molecular weight is 233 g/mol. The van der Waals surface area contributed by atoms with Crippen LogP contribution in [0.15, 0.2) is 18.2 Å². The van der Waals surface area contributed by atoms with Crippen LogP contribution in [0.1, 0.15) is 30.2 Å².